The minimum Gasteiger partial charge on any atom is -0.396 e. The normalized spacial score (nSPS) is 14.3. The van der Waals surface area contributed by atoms with Gasteiger partial charge in [-0.3, -0.25) is 0 Å². The molecule has 0 amide bonds. The molecule has 82 valence electrons. The monoisotopic (exact) mass is 196 g/mol. The Bertz CT molecular complexity index is 74.6. The Morgan fingerprint density at radius 3 is 1.31 bits per heavy atom. The van der Waals surface area contributed by atoms with Gasteiger partial charge < -0.3 is 25.2 Å². The highest BCUT2D eigenvalue weighted by Gasteiger charge is 1.97. The number of aliphatic hydroxyl groups excluding tert-OH is 4. The van der Waals surface area contributed by atoms with Crippen LogP contribution in [-0.4, -0.2) is 46.2 Å². The third-order valence-electron chi connectivity index (χ3n) is 0.960. The molecule has 0 aliphatic carbocycles. The Morgan fingerprint density at radius 2 is 1.23 bits per heavy atom. The first-order chi connectivity index (χ1) is 6.04. The standard InChI is InChI=1S/C4H10O3.C4H10O2/c1-3(5)7-4(2)6;5-3-1-2-4-6/h3-6H,1-2H3;5-6H,1-4H2. The molecule has 13 heavy (non-hydrogen) atoms. The molecule has 0 aliphatic rings. The van der Waals surface area contributed by atoms with E-state index in [2.05, 4.69) is 4.74 Å². The summed E-state index contributed by atoms with van der Waals surface area (Å²) in [5.74, 6) is 0. The lowest BCUT2D eigenvalue weighted by molar-refractivity contribution is -0.190. The zero-order valence-electron chi connectivity index (χ0n) is 8.18. The predicted octanol–water partition coefficient (Wildman–Crippen LogP) is -0.569. The van der Waals surface area contributed by atoms with Gasteiger partial charge in [-0.25, -0.2) is 0 Å². The average Bonchev–Trinajstić information content (AvgIpc) is 1.99. The van der Waals surface area contributed by atoms with Crippen LogP contribution in [0.15, 0.2) is 0 Å². The first-order valence-corrected chi connectivity index (χ1v) is 4.27. The topological polar surface area (TPSA) is 90.2 Å². The van der Waals surface area contributed by atoms with Crippen molar-refractivity contribution >= 4 is 0 Å². The molecule has 5 heteroatoms. The second-order valence-corrected chi connectivity index (χ2v) is 2.49. The Balaban J connectivity index is 0. The lowest BCUT2D eigenvalue weighted by atomic mass is 10.3. The van der Waals surface area contributed by atoms with Crippen LogP contribution < -0.4 is 0 Å². The van der Waals surface area contributed by atoms with E-state index in [9.17, 15) is 0 Å². The molecular weight excluding hydrogens is 176 g/mol. The molecule has 0 saturated heterocycles. The van der Waals surface area contributed by atoms with E-state index in [1.807, 2.05) is 0 Å². The van der Waals surface area contributed by atoms with Crippen molar-refractivity contribution in [3.8, 4) is 0 Å². The average molecular weight is 196 g/mol. The van der Waals surface area contributed by atoms with Crippen LogP contribution in [-0.2, 0) is 4.74 Å². The number of aliphatic hydroxyl groups is 4. The van der Waals surface area contributed by atoms with Crippen molar-refractivity contribution in [3.05, 3.63) is 0 Å². The number of rotatable bonds is 5. The Morgan fingerprint density at radius 1 is 0.923 bits per heavy atom. The quantitative estimate of drug-likeness (QED) is 0.349. The second kappa shape index (κ2) is 11.8. The molecule has 0 bridgehead atoms. The summed E-state index contributed by atoms with van der Waals surface area (Å²) in [6.07, 6.45) is -0.313. The van der Waals surface area contributed by atoms with E-state index in [0.29, 0.717) is 0 Å². The summed E-state index contributed by atoms with van der Waals surface area (Å²) in [4.78, 5) is 0. The van der Waals surface area contributed by atoms with Gasteiger partial charge in [-0.2, -0.15) is 0 Å². The van der Waals surface area contributed by atoms with Gasteiger partial charge in [0.15, 0.2) is 12.6 Å². The van der Waals surface area contributed by atoms with Crippen molar-refractivity contribution in [1.82, 2.24) is 0 Å². The van der Waals surface area contributed by atoms with E-state index in [0.717, 1.165) is 12.8 Å². The lowest BCUT2D eigenvalue weighted by Gasteiger charge is -2.07. The molecule has 2 unspecified atom stereocenters. The van der Waals surface area contributed by atoms with Crippen LogP contribution in [0.3, 0.4) is 0 Å². The van der Waals surface area contributed by atoms with Crippen LogP contribution in [0.4, 0.5) is 0 Å². The maximum Gasteiger partial charge on any atom is 0.154 e. The number of hydrogen-bond donors (Lipinski definition) is 4. The number of ether oxygens (including phenoxy) is 1. The largest absolute Gasteiger partial charge is 0.396 e. The van der Waals surface area contributed by atoms with Gasteiger partial charge in [0.1, 0.15) is 0 Å². The van der Waals surface area contributed by atoms with Crippen LogP contribution in [0.25, 0.3) is 0 Å². The van der Waals surface area contributed by atoms with Gasteiger partial charge in [0, 0.05) is 13.2 Å². The third kappa shape index (κ3) is 24.5. The highest BCUT2D eigenvalue weighted by atomic mass is 16.7. The zero-order valence-corrected chi connectivity index (χ0v) is 8.18. The van der Waals surface area contributed by atoms with Crippen LogP contribution in [0, 0.1) is 0 Å². The Hall–Kier alpha value is -0.200. The van der Waals surface area contributed by atoms with E-state index in [-0.39, 0.29) is 13.2 Å². The third-order valence-corrected chi connectivity index (χ3v) is 0.960. The Kier molecular flexibility index (Phi) is 13.9. The minimum atomic E-state index is -0.875. The van der Waals surface area contributed by atoms with Crippen molar-refractivity contribution < 1.29 is 25.2 Å². The van der Waals surface area contributed by atoms with Gasteiger partial charge in [-0.05, 0) is 26.7 Å². The van der Waals surface area contributed by atoms with E-state index in [4.69, 9.17) is 20.4 Å². The lowest BCUT2D eigenvalue weighted by Crippen LogP contribution is -2.14. The summed E-state index contributed by atoms with van der Waals surface area (Å²) in [6.45, 7) is 3.26. The summed E-state index contributed by atoms with van der Waals surface area (Å²) in [6, 6.07) is 0. The zero-order chi connectivity index (χ0) is 10.7. The van der Waals surface area contributed by atoms with E-state index < -0.39 is 12.6 Å². The van der Waals surface area contributed by atoms with Gasteiger partial charge in [0.25, 0.3) is 0 Å². The van der Waals surface area contributed by atoms with Gasteiger partial charge in [-0.15, -0.1) is 0 Å². The van der Waals surface area contributed by atoms with Crippen molar-refractivity contribution in [2.24, 2.45) is 0 Å². The molecular formula is C8H20O5. The van der Waals surface area contributed by atoms with Crippen molar-refractivity contribution in [2.75, 3.05) is 13.2 Å². The molecule has 0 aromatic rings. The summed E-state index contributed by atoms with van der Waals surface area (Å²) in [7, 11) is 0. The van der Waals surface area contributed by atoms with Gasteiger partial charge in [0.05, 0.1) is 0 Å². The Labute approximate surface area is 78.6 Å². The minimum absolute atomic E-state index is 0.195. The van der Waals surface area contributed by atoms with Crippen LogP contribution in [0.5, 0.6) is 0 Å². The first kappa shape index (κ1) is 15.3. The fourth-order valence-electron chi connectivity index (χ4n) is 0.509. The molecule has 0 aromatic heterocycles. The predicted molar refractivity (Wildman–Crippen MR) is 47.9 cm³/mol. The van der Waals surface area contributed by atoms with E-state index in [1.54, 1.807) is 0 Å². The smallest absolute Gasteiger partial charge is 0.154 e. The van der Waals surface area contributed by atoms with Crippen LogP contribution in [0.1, 0.15) is 26.7 Å². The first-order valence-electron chi connectivity index (χ1n) is 4.27. The molecule has 0 aliphatic heterocycles. The summed E-state index contributed by atoms with van der Waals surface area (Å²) in [5, 5.41) is 32.9. The maximum atomic E-state index is 8.34. The van der Waals surface area contributed by atoms with Crippen molar-refractivity contribution in [1.29, 1.82) is 0 Å². The molecule has 0 radical (unpaired) electrons. The molecule has 0 aromatic carbocycles. The SMILES string of the molecule is CC(O)OC(C)O.OCCCCO. The highest BCUT2D eigenvalue weighted by Crippen LogP contribution is 1.87. The van der Waals surface area contributed by atoms with Gasteiger partial charge in [-0.1, -0.05) is 0 Å². The summed E-state index contributed by atoms with van der Waals surface area (Å²) < 4.78 is 4.36. The second-order valence-electron chi connectivity index (χ2n) is 2.49. The van der Waals surface area contributed by atoms with Crippen molar-refractivity contribution in [2.45, 2.75) is 39.3 Å². The molecule has 0 saturated carbocycles. The van der Waals surface area contributed by atoms with Crippen molar-refractivity contribution in [3.63, 3.8) is 0 Å². The maximum absolute atomic E-state index is 8.34. The molecule has 2 atom stereocenters. The number of hydrogen-bond acceptors (Lipinski definition) is 5. The fourth-order valence-corrected chi connectivity index (χ4v) is 0.509. The molecule has 5 nitrogen and oxygen atoms in total. The number of unbranched alkanes of at least 4 members (excludes halogenated alkanes) is 1. The molecule has 0 rings (SSSR count). The van der Waals surface area contributed by atoms with Crippen LogP contribution >= 0.6 is 0 Å². The van der Waals surface area contributed by atoms with Gasteiger partial charge in [0.2, 0.25) is 0 Å². The molecule has 0 heterocycles. The van der Waals surface area contributed by atoms with Crippen LogP contribution in [0.2, 0.25) is 0 Å². The molecule has 4 N–H and O–H groups in total. The molecule has 0 fully saturated rings. The molecule has 0 spiro atoms. The van der Waals surface area contributed by atoms with Gasteiger partial charge >= 0.3 is 0 Å². The van der Waals surface area contributed by atoms with E-state index >= 15 is 0 Å². The summed E-state index contributed by atoms with van der Waals surface area (Å²) >= 11 is 0. The fraction of sp³-hybridized carbons (Fsp3) is 1.00. The summed E-state index contributed by atoms with van der Waals surface area (Å²) in [5.41, 5.74) is 0. The highest BCUT2D eigenvalue weighted by molar-refractivity contribution is 4.30. The van der Waals surface area contributed by atoms with E-state index in [1.165, 1.54) is 13.8 Å².